The van der Waals surface area contributed by atoms with Crippen molar-refractivity contribution in [3.8, 4) is 0 Å². The number of aliphatic hydroxyl groups is 3. The van der Waals surface area contributed by atoms with Crippen molar-refractivity contribution < 1.29 is 42.6 Å². The van der Waals surface area contributed by atoms with Crippen LogP contribution in [0.15, 0.2) is 30.3 Å². The lowest BCUT2D eigenvalue weighted by molar-refractivity contribution is -0.101. The Bertz CT molecular complexity index is 598. The predicted octanol–water partition coefficient (Wildman–Crippen LogP) is 2.04. The second kappa shape index (κ2) is 11.9. The van der Waals surface area contributed by atoms with Crippen LogP contribution < -0.4 is 5.48 Å². The number of hydroxylamine groups is 1. The van der Waals surface area contributed by atoms with Crippen LogP contribution in [0.5, 0.6) is 0 Å². The van der Waals surface area contributed by atoms with Crippen LogP contribution in [0.1, 0.15) is 25.8 Å². The standard InChI is InChI=1S/C17H28F2NO7P/c1-3-26-28(24,27-4-2)17(18,19)10-14(21)16(23)15(22)11-20-25-12-13-8-6-5-7-9-13/h5-9,14-16,20-23H,3-4,10-12H2,1-2H3/t14-,15-,16-/m1/s1. The molecule has 0 fully saturated rings. The third kappa shape index (κ3) is 7.46. The predicted molar refractivity (Wildman–Crippen MR) is 97.7 cm³/mol. The van der Waals surface area contributed by atoms with Crippen LogP contribution in [0.3, 0.4) is 0 Å². The van der Waals surface area contributed by atoms with Gasteiger partial charge in [0, 0.05) is 6.54 Å². The van der Waals surface area contributed by atoms with E-state index in [9.17, 15) is 28.7 Å². The summed E-state index contributed by atoms with van der Waals surface area (Å²) in [6.45, 7) is 2.03. The van der Waals surface area contributed by atoms with Gasteiger partial charge in [0.05, 0.1) is 38.4 Å². The molecule has 0 unspecified atom stereocenters. The van der Waals surface area contributed by atoms with E-state index in [4.69, 9.17) is 4.84 Å². The third-order valence-electron chi connectivity index (χ3n) is 3.72. The first-order valence-electron chi connectivity index (χ1n) is 8.86. The van der Waals surface area contributed by atoms with Crippen LogP contribution in [-0.2, 0) is 25.1 Å². The summed E-state index contributed by atoms with van der Waals surface area (Å²) in [7, 11) is -4.83. The first-order valence-corrected chi connectivity index (χ1v) is 10.4. The normalized spacial score (nSPS) is 16.0. The van der Waals surface area contributed by atoms with E-state index < -0.39 is 38.0 Å². The lowest BCUT2D eigenvalue weighted by Crippen LogP contribution is -2.45. The molecule has 1 rings (SSSR count). The molecule has 0 spiro atoms. The Hall–Kier alpha value is -0.970. The second-order valence-corrected chi connectivity index (χ2v) is 8.12. The van der Waals surface area contributed by atoms with E-state index in [0.717, 1.165) is 5.56 Å². The van der Waals surface area contributed by atoms with Gasteiger partial charge in [-0.3, -0.25) is 9.40 Å². The van der Waals surface area contributed by atoms with Crippen molar-refractivity contribution in [2.45, 2.75) is 50.9 Å². The second-order valence-electron chi connectivity index (χ2n) is 5.95. The zero-order chi connectivity index (χ0) is 21.2. The summed E-state index contributed by atoms with van der Waals surface area (Å²) >= 11 is 0. The van der Waals surface area contributed by atoms with Crippen molar-refractivity contribution >= 4 is 7.60 Å². The van der Waals surface area contributed by atoms with Gasteiger partial charge in [-0.2, -0.15) is 14.3 Å². The molecule has 1 aromatic rings. The molecule has 0 aliphatic rings. The number of aliphatic hydroxyl groups excluding tert-OH is 3. The minimum absolute atomic E-state index is 0.177. The molecule has 162 valence electrons. The molecular formula is C17H28F2NO7P. The van der Waals surface area contributed by atoms with Gasteiger partial charge in [0.25, 0.3) is 0 Å². The number of hydrogen-bond donors (Lipinski definition) is 4. The highest BCUT2D eigenvalue weighted by atomic mass is 31.2. The van der Waals surface area contributed by atoms with E-state index in [1.54, 1.807) is 0 Å². The first kappa shape index (κ1) is 25.1. The molecule has 0 heterocycles. The van der Waals surface area contributed by atoms with Gasteiger partial charge in [0.1, 0.15) is 6.10 Å². The molecule has 4 N–H and O–H groups in total. The Balaban J connectivity index is 2.52. The van der Waals surface area contributed by atoms with Gasteiger partial charge in [-0.25, -0.2) is 0 Å². The minimum Gasteiger partial charge on any atom is -0.390 e. The summed E-state index contributed by atoms with van der Waals surface area (Å²) in [5, 5.41) is 29.6. The van der Waals surface area contributed by atoms with Gasteiger partial charge in [0.15, 0.2) is 0 Å². The Morgan fingerprint density at radius 2 is 1.64 bits per heavy atom. The number of nitrogens with one attached hydrogen (secondary N) is 1. The fourth-order valence-corrected chi connectivity index (χ4v) is 3.82. The molecule has 28 heavy (non-hydrogen) atoms. The van der Waals surface area contributed by atoms with Gasteiger partial charge in [-0.05, 0) is 19.4 Å². The fourth-order valence-electron chi connectivity index (χ4n) is 2.28. The van der Waals surface area contributed by atoms with E-state index in [-0.39, 0.29) is 26.4 Å². The minimum atomic E-state index is -4.83. The summed E-state index contributed by atoms with van der Waals surface area (Å²) in [4.78, 5) is 5.10. The average Bonchev–Trinajstić information content (AvgIpc) is 2.65. The van der Waals surface area contributed by atoms with Crippen molar-refractivity contribution in [2.24, 2.45) is 0 Å². The van der Waals surface area contributed by atoms with Crippen LogP contribution in [0, 0.1) is 0 Å². The van der Waals surface area contributed by atoms with E-state index in [2.05, 4.69) is 14.5 Å². The van der Waals surface area contributed by atoms with Crippen molar-refractivity contribution in [3.63, 3.8) is 0 Å². The summed E-state index contributed by atoms with van der Waals surface area (Å²) < 4.78 is 50.0. The maximum absolute atomic E-state index is 14.3. The van der Waals surface area contributed by atoms with E-state index in [1.165, 1.54) is 13.8 Å². The smallest absolute Gasteiger partial charge is 0.390 e. The molecule has 0 aliphatic heterocycles. The zero-order valence-electron chi connectivity index (χ0n) is 15.8. The number of halogens is 2. The monoisotopic (exact) mass is 427 g/mol. The highest BCUT2D eigenvalue weighted by Crippen LogP contribution is 2.63. The Kier molecular flexibility index (Phi) is 10.6. The summed E-state index contributed by atoms with van der Waals surface area (Å²) in [5.74, 6) is 0. The first-order chi connectivity index (χ1) is 13.2. The Morgan fingerprint density at radius 1 is 1.07 bits per heavy atom. The van der Waals surface area contributed by atoms with Gasteiger partial charge in [-0.15, -0.1) is 0 Å². The molecule has 3 atom stereocenters. The summed E-state index contributed by atoms with van der Waals surface area (Å²) in [6, 6.07) is 9.10. The molecular weight excluding hydrogens is 399 g/mol. The molecule has 0 bridgehead atoms. The van der Waals surface area contributed by atoms with Crippen LogP contribution in [0.2, 0.25) is 0 Å². The van der Waals surface area contributed by atoms with Crippen molar-refractivity contribution in [2.75, 3.05) is 19.8 Å². The maximum Gasteiger partial charge on any atom is 0.399 e. The highest BCUT2D eigenvalue weighted by Gasteiger charge is 2.55. The number of alkyl halides is 2. The Labute approximate surface area is 162 Å². The molecule has 11 heteroatoms. The number of benzene rings is 1. The van der Waals surface area contributed by atoms with Gasteiger partial charge in [0.2, 0.25) is 0 Å². The van der Waals surface area contributed by atoms with Gasteiger partial charge >= 0.3 is 13.3 Å². The SMILES string of the molecule is CCOP(=O)(OCC)C(F)(F)C[C@@H](O)[C@@H](O)[C@H](O)CNOCc1ccccc1. The van der Waals surface area contributed by atoms with Crippen LogP contribution in [0.4, 0.5) is 8.78 Å². The van der Waals surface area contributed by atoms with Crippen molar-refractivity contribution in [3.05, 3.63) is 35.9 Å². The molecule has 0 amide bonds. The lowest BCUT2D eigenvalue weighted by atomic mass is 10.1. The average molecular weight is 427 g/mol. The third-order valence-corrected chi connectivity index (χ3v) is 5.90. The lowest BCUT2D eigenvalue weighted by Gasteiger charge is -2.30. The van der Waals surface area contributed by atoms with Gasteiger partial charge in [-0.1, -0.05) is 30.3 Å². The maximum atomic E-state index is 14.3. The molecule has 0 saturated heterocycles. The topological polar surface area (TPSA) is 117 Å². The van der Waals surface area contributed by atoms with E-state index in [1.807, 2.05) is 30.3 Å². The molecule has 1 aromatic carbocycles. The quantitative estimate of drug-likeness (QED) is 0.202. The Morgan fingerprint density at radius 3 is 2.18 bits per heavy atom. The largest absolute Gasteiger partial charge is 0.399 e. The van der Waals surface area contributed by atoms with Crippen LogP contribution in [-0.4, -0.2) is 59.1 Å². The number of hydrogen-bond acceptors (Lipinski definition) is 8. The summed E-state index contributed by atoms with van der Waals surface area (Å²) in [5.41, 5.74) is -0.801. The highest BCUT2D eigenvalue weighted by molar-refractivity contribution is 7.55. The zero-order valence-corrected chi connectivity index (χ0v) is 16.7. The molecule has 8 nitrogen and oxygen atoms in total. The molecule has 0 aliphatic carbocycles. The van der Waals surface area contributed by atoms with E-state index in [0.29, 0.717) is 0 Å². The molecule has 0 saturated carbocycles. The van der Waals surface area contributed by atoms with Crippen molar-refractivity contribution in [1.29, 1.82) is 0 Å². The van der Waals surface area contributed by atoms with Crippen LogP contribution in [0.25, 0.3) is 0 Å². The van der Waals surface area contributed by atoms with Crippen molar-refractivity contribution in [1.82, 2.24) is 5.48 Å². The summed E-state index contributed by atoms with van der Waals surface area (Å²) in [6.07, 6.45) is -7.03. The fraction of sp³-hybridized carbons (Fsp3) is 0.647. The van der Waals surface area contributed by atoms with E-state index >= 15 is 0 Å². The van der Waals surface area contributed by atoms with Gasteiger partial charge < -0.3 is 24.4 Å². The number of rotatable bonds is 14. The van der Waals surface area contributed by atoms with Crippen LogP contribution >= 0.6 is 7.60 Å². The molecule has 0 aromatic heterocycles. The molecule has 0 radical (unpaired) electrons.